The number of halogens is 1. The van der Waals surface area contributed by atoms with E-state index in [1.165, 1.54) is 17.7 Å². The first kappa shape index (κ1) is 19.9. The number of benzene rings is 1. The third kappa shape index (κ3) is 4.10. The van der Waals surface area contributed by atoms with Gasteiger partial charge in [-0.2, -0.15) is 5.10 Å². The summed E-state index contributed by atoms with van der Waals surface area (Å²) < 4.78 is 17.6. The normalized spacial score (nSPS) is 15.7. The molecular weight excluding hydrogens is 391 g/mol. The van der Waals surface area contributed by atoms with Crippen LogP contribution in [0.25, 0.3) is 11.2 Å². The fourth-order valence-corrected chi connectivity index (χ4v) is 4.65. The van der Waals surface area contributed by atoms with Gasteiger partial charge in [0.1, 0.15) is 17.2 Å². The fourth-order valence-electron chi connectivity index (χ4n) is 4.65. The van der Waals surface area contributed by atoms with Gasteiger partial charge in [-0.05, 0) is 49.6 Å². The Morgan fingerprint density at radius 2 is 1.87 bits per heavy atom. The van der Waals surface area contributed by atoms with Gasteiger partial charge < -0.3 is 4.57 Å². The first-order valence-electron chi connectivity index (χ1n) is 10.8. The lowest BCUT2D eigenvalue weighted by Gasteiger charge is -2.33. The Kier molecular flexibility index (Phi) is 5.28. The van der Waals surface area contributed by atoms with Crippen molar-refractivity contribution in [3.05, 3.63) is 77.3 Å². The number of hydrogen-bond acceptors (Lipinski definition) is 4. The van der Waals surface area contributed by atoms with Crippen LogP contribution in [0.1, 0.15) is 41.5 Å². The fraction of sp³-hybridized carbons (Fsp3) is 0.375. The molecule has 7 heteroatoms. The molecule has 5 rings (SSSR count). The van der Waals surface area contributed by atoms with Gasteiger partial charge >= 0.3 is 0 Å². The number of likely N-dealkylation sites (tertiary alicyclic amines) is 1. The second-order valence-corrected chi connectivity index (χ2v) is 8.47. The Hall–Kier alpha value is -3.06. The van der Waals surface area contributed by atoms with Crippen molar-refractivity contribution in [2.75, 3.05) is 13.1 Å². The molecule has 0 spiro atoms. The van der Waals surface area contributed by atoms with Crippen LogP contribution in [0.3, 0.4) is 0 Å². The van der Waals surface area contributed by atoms with E-state index >= 15 is 0 Å². The topological polar surface area (TPSA) is 51.8 Å². The summed E-state index contributed by atoms with van der Waals surface area (Å²) in [5.74, 6) is 0.789. The average molecular weight is 419 g/mol. The summed E-state index contributed by atoms with van der Waals surface area (Å²) in [6.45, 7) is 5.08. The molecule has 1 saturated heterocycles. The summed E-state index contributed by atoms with van der Waals surface area (Å²) in [5.41, 5.74) is 5.33. The van der Waals surface area contributed by atoms with Crippen LogP contribution in [0.5, 0.6) is 0 Å². The van der Waals surface area contributed by atoms with Crippen LogP contribution in [0, 0.1) is 12.7 Å². The predicted molar refractivity (Wildman–Crippen MR) is 118 cm³/mol. The van der Waals surface area contributed by atoms with E-state index in [1.807, 2.05) is 42.2 Å². The minimum absolute atomic E-state index is 0.213. The second-order valence-electron chi connectivity index (χ2n) is 8.47. The summed E-state index contributed by atoms with van der Waals surface area (Å²) in [6.07, 6.45) is 6.74. The molecule has 1 aliphatic heterocycles. The molecule has 0 atom stereocenters. The van der Waals surface area contributed by atoms with Gasteiger partial charge in [-0.15, -0.1) is 0 Å². The van der Waals surface area contributed by atoms with Crippen molar-refractivity contribution in [3.8, 4) is 0 Å². The van der Waals surface area contributed by atoms with E-state index in [-0.39, 0.29) is 5.82 Å². The highest BCUT2D eigenvalue weighted by atomic mass is 19.1. The van der Waals surface area contributed by atoms with Gasteiger partial charge in [0.15, 0.2) is 5.65 Å². The largest absolute Gasteiger partial charge is 0.309 e. The third-order valence-electron chi connectivity index (χ3n) is 6.23. The third-order valence-corrected chi connectivity index (χ3v) is 6.23. The molecule has 0 unspecified atom stereocenters. The van der Waals surface area contributed by atoms with Crippen LogP contribution in [0.4, 0.5) is 4.39 Å². The predicted octanol–water partition coefficient (Wildman–Crippen LogP) is 4.04. The Morgan fingerprint density at radius 3 is 2.58 bits per heavy atom. The van der Waals surface area contributed by atoms with E-state index < -0.39 is 0 Å². The van der Waals surface area contributed by atoms with Crippen LogP contribution in [0.15, 0.2) is 48.8 Å². The molecule has 3 aromatic heterocycles. The lowest BCUT2D eigenvalue weighted by Crippen LogP contribution is -2.34. The molecule has 4 heterocycles. The number of aryl methyl sites for hydroxylation is 2. The molecule has 1 fully saturated rings. The molecular formula is C24H27FN6. The summed E-state index contributed by atoms with van der Waals surface area (Å²) in [7, 11) is 1.97. The first-order valence-corrected chi connectivity index (χ1v) is 10.8. The van der Waals surface area contributed by atoms with Crippen molar-refractivity contribution in [2.45, 2.75) is 38.8 Å². The van der Waals surface area contributed by atoms with Crippen LogP contribution < -0.4 is 0 Å². The minimum Gasteiger partial charge on any atom is -0.309 e. The zero-order chi connectivity index (χ0) is 21.4. The van der Waals surface area contributed by atoms with E-state index in [1.54, 1.807) is 0 Å². The lowest BCUT2D eigenvalue weighted by atomic mass is 10.0. The number of rotatable bonds is 5. The SMILES string of the molecule is Cc1nn(C)cc1CN1CCC(n2c(Cc3ccc(F)cc3)nc3cccnc32)CC1. The maximum Gasteiger partial charge on any atom is 0.160 e. The van der Waals surface area contributed by atoms with Crippen molar-refractivity contribution in [2.24, 2.45) is 7.05 Å². The average Bonchev–Trinajstić information content (AvgIpc) is 3.28. The number of nitrogens with zero attached hydrogens (tertiary/aromatic N) is 6. The van der Waals surface area contributed by atoms with Gasteiger partial charge in [0.05, 0.1) is 5.69 Å². The standard InChI is InChI=1S/C24H27FN6/c1-17-19(15-29(2)28-17)16-30-12-9-21(10-13-30)31-23(14-18-5-7-20(25)8-6-18)27-22-4-3-11-26-24(22)31/h3-8,11,15,21H,9-10,12-14,16H2,1-2H3. The highest BCUT2D eigenvalue weighted by molar-refractivity contribution is 5.71. The Balaban J connectivity index is 1.37. The molecule has 160 valence electrons. The van der Waals surface area contributed by atoms with Crippen LogP contribution in [-0.2, 0) is 20.0 Å². The second kappa shape index (κ2) is 8.23. The van der Waals surface area contributed by atoms with E-state index in [4.69, 9.17) is 4.98 Å². The van der Waals surface area contributed by atoms with Gasteiger partial charge in [0.2, 0.25) is 0 Å². The van der Waals surface area contributed by atoms with Gasteiger partial charge in [0, 0.05) is 57.1 Å². The monoisotopic (exact) mass is 418 g/mol. The van der Waals surface area contributed by atoms with Crippen LogP contribution >= 0.6 is 0 Å². The van der Waals surface area contributed by atoms with Crippen molar-refractivity contribution >= 4 is 11.2 Å². The number of aromatic nitrogens is 5. The summed E-state index contributed by atoms with van der Waals surface area (Å²) in [6, 6.07) is 11.0. The molecule has 0 N–H and O–H groups in total. The summed E-state index contributed by atoms with van der Waals surface area (Å²) in [4.78, 5) is 12.0. The van der Waals surface area contributed by atoms with Gasteiger partial charge in [-0.25, -0.2) is 14.4 Å². The molecule has 1 aromatic carbocycles. The highest BCUT2D eigenvalue weighted by Crippen LogP contribution is 2.29. The van der Waals surface area contributed by atoms with Gasteiger partial charge in [-0.1, -0.05) is 12.1 Å². The van der Waals surface area contributed by atoms with E-state index in [9.17, 15) is 4.39 Å². The van der Waals surface area contributed by atoms with E-state index in [0.717, 1.165) is 60.7 Å². The van der Waals surface area contributed by atoms with E-state index in [0.29, 0.717) is 12.5 Å². The smallest absolute Gasteiger partial charge is 0.160 e. The maximum atomic E-state index is 13.3. The van der Waals surface area contributed by atoms with Crippen LogP contribution in [0.2, 0.25) is 0 Å². The number of pyridine rings is 1. The van der Waals surface area contributed by atoms with Crippen molar-refractivity contribution in [1.82, 2.24) is 29.2 Å². The minimum atomic E-state index is -0.213. The van der Waals surface area contributed by atoms with Crippen molar-refractivity contribution < 1.29 is 4.39 Å². The highest BCUT2D eigenvalue weighted by Gasteiger charge is 2.25. The maximum absolute atomic E-state index is 13.3. The van der Waals surface area contributed by atoms with Crippen molar-refractivity contribution in [3.63, 3.8) is 0 Å². The molecule has 6 nitrogen and oxygen atoms in total. The molecule has 0 aliphatic carbocycles. The number of imidazole rings is 1. The molecule has 31 heavy (non-hydrogen) atoms. The van der Waals surface area contributed by atoms with Crippen LogP contribution in [-0.4, -0.2) is 42.3 Å². The van der Waals surface area contributed by atoms with E-state index in [2.05, 4.69) is 32.7 Å². The first-order chi connectivity index (χ1) is 15.1. The molecule has 0 radical (unpaired) electrons. The Labute approximate surface area is 181 Å². The number of piperidine rings is 1. The number of fused-ring (bicyclic) bond motifs is 1. The summed E-state index contributed by atoms with van der Waals surface area (Å²) >= 11 is 0. The Morgan fingerprint density at radius 1 is 1.10 bits per heavy atom. The van der Waals surface area contributed by atoms with Gasteiger partial charge in [0.25, 0.3) is 0 Å². The Bertz CT molecular complexity index is 1180. The molecule has 0 amide bonds. The molecule has 4 aromatic rings. The lowest BCUT2D eigenvalue weighted by molar-refractivity contribution is 0.179. The molecule has 0 bridgehead atoms. The zero-order valence-electron chi connectivity index (χ0n) is 18.0. The zero-order valence-corrected chi connectivity index (χ0v) is 18.0. The quantitative estimate of drug-likeness (QED) is 0.491. The van der Waals surface area contributed by atoms with Crippen molar-refractivity contribution in [1.29, 1.82) is 0 Å². The summed E-state index contributed by atoms with van der Waals surface area (Å²) in [5, 5.41) is 4.47. The molecule has 0 saturated carbocycles. The molecule has 1 aliphatic rings. The van der Waals surface area contributed by atoms with Gasteiger partial charge in [-0.3, -0.25) is 9.58 Å². The number of hydrogen-bond donors (Lipinski definition) is 0.